The molecule has 1 fully saturated rings. The second-order valence-electron chi connectivity index (χ2n) is 8.36. The van der Waals surface area contributed by atoms with E-state index in [0.29, 0.717) is 32.8 Å². The fourth-order valence-corrected chi connectivity index (χ4v) is 5.09. The second kappa shape index (κ2) is 12.5. The van der Waals surface area contributed by atoms with Gasteiger partial charge in [0.25, 0.3) is 5.91 Å². The van der Waals surface area contributed by atoms with E-state index < -0.39 is 17.9 Å². The molecule has 0 bridgehead atoms. The summed E-state index contributed by atoms with van der Waals surface area (Å²) in [6, 6.07) is 22.8. The average molecular weight is 547 g/mol. The third-order valence-electron chi connectivity index (χ3n) is 5.66. The third-order valence-corrected chi connectivity index (χ3v) is 6.99. The highest BCUT2D eigenvalue weighted by molar-refractivity contribution is 8.26. The molecule has 1 aliphatic rings. The van der Waals surface area contributed by atoms with E-state index in [2.05, 4.69) is 5.32 Å². The van der Waals surface area contributed by atoms with E-state index in [4.69, 9.17) is 21.7 Å². The van der Waals surface area contributed by atoms with Gasteiger partial charge in [-0.05, 0) is 67.4 Å². The van der Waals surface area contributed by atoms with Gasteiger partial charge in [0, 0.05) is 5.69 Å². The van der Waals surface area contributed by atoms with Crippen LogP contribution in [0.25, 0.3) is 6.08 Å². The Balaban J connectivity index is 1.40. The number of thioether (sulfide) groups is 1. The molecule has 1 heterocycles. The van der Waals surface area contributed by atoms with Gasteiger partial charge >= 0.3 is 5.97 Å². The number of nitrogens with zero attached hydrogens (tertiary/aromatic N) is 1. The molecular weight excluding hydrogens is 520 g/mol. The largest absolute Gasteiger partial charge is 0.489 e. The zero-order valence-corrected chi connectivity index (χ0v) is 22.5. The minimum atomic E-state index is -0.835. The van der Waals surface area contributed by atoms with Crippen LogP contribution in [0.1, 0.15) is 35.3 Å². The molecule has 0 saturated carbocycles. The maximum absolute atomic E-state index is 13.2. The van der Waals surface area contributed by atoms with E-state index in [1.54, 1.807) is 44.2 Å². The SMILES string of the molecule is CCOC(=O)c1ccc(NC(=O)C(C)N2C(=O)/C(=C/c3cccc(OCc4ccccc4)c3)SC2=S)cc1. The molecular formula is C29H26N2O5S2. The first-order valence-electron chi connectivity index (χ1n) is 12.0. The Morgan fingerprint density at radius 2 is 1.79 bits per heavy atom. The van der Waals surface area contributed by atoms with Crippen LogP contribution in [-0.2, 0) is 20.9 Å². The van der Waals surface area contributed by atoms with E-state index in [0.717, 1.165) is 22.9 Å². The van der Waals surface area contributed by atoms with E-state index >= 15 is 0 Å². The van der Waals surface area contributed by atoms with Gasteiger partial charge in [-0.15, -0.1) is 0 Å². The van der Waals surface area contributed by atoms with Gasteiger partial charge in [0.15, 0.2) is 0 Å². The number of anilines is 1. The molecule has 194 valence electrons. The quantitative estimate of drug-likeness (QED) is 0.210. The molecule has 3 aromatic carbocycles. The van der Waals surface area contributed by atoms with E-state index in [9.17, 15) is 14.4 Å². The summed E-state index contributed by atoms with van der Waals surface area (Å²) >= 11 is 6.59. The number of carbonyl (C=O) groups excluding carboxylic acids is 3. The molecule has 0 radical (unpaired) electrons. The number of carbonyl (C=O) groups is 3. The highest BCUT2D eigenvalue weighted by Crippen LogP contribution is 2.34. The van der Waals surface area contributed by atoms with Crippen LogP contribution < -0.4 is 10.1 Å². The zero-order valence-electron chi connectivity index (χ0n) is 20.9. The van der Waals surface area contributed by atoms with Crippen LogP contribution >= 0.6 is 24.0 Å². The first kappa shape index (κ1) is 27.1. The predicted molar refractivity (Wildman–Crippen MR) is 153 cm³/mol. The van der Waals surface area contributed by atoms with E-state index in [1.807, 2.05) is 54.6 Å². The Bertz CT molecular complexity index is 1370. The Labute approximate surface area is 230 Å². The van der Waals surface area contributed by atoms with Crippen molar-refractivity contribution in [2.24, 2.45) is 0 Å². The number of thiocarbonyl (C=S) groups is 1. The third kappa shape index (κ3) is 6.67. The van der Waals surface area contributed by atoms with Gasteiger partial charge in [-0.1, -0.05) is 66.4 Å². The second-order valence-corrected chi connectivity index (χ2v) is 10.0. The zero-order chi connectivity index (χ0) is 27.1. The Kier molecular flexibility index (Phi) is 8.93. The van der Waals surface area contributed by atoms with Gasteiger partial charge < -0.3 is 14.8 Å². The van der Waals surface area contributed by atoms with Crippen LogP contribution in [0.5, 0.6) is 5.75 Å². The van der Waals surface area contributed by atoms with Crippen molar-refractivity contribution in [2.45, 2.75) is 26.5 Å². The highest BCUT2D eigenvalue weighted by atomic mass is 32.2. The fraction of sp³-hybridized carbons (Fsp3) is 0.172. The number of hydrogen-bond acceptors (Lipinski definition) is 7. The lowest BCUT2D eigenvalue weighted by Gasteiger charge is -2.22. The molecule has 4 rings (SSSR count). The van der Waals surface area contributed by atoms with Gasteiger partial charge in [-0.2, -0.15) is 0 Å². The molecule has 38 heavy (non-hydrogen) atoms. The molecule has 0 aromatic heterocycles. The summed E-state index contributed by atoms with van der Waals surface area (Å²) in [6.45, 7) is 4.06. The number of nitrogens with one attached hydrogen (secondary N) is 1. The minimum Gasteiger partial charge on any atom is -0.489 e. The first-order chi connectivity index (χ1) is 18.4. The topological polar surface area (TPSA) is 84.9 Å². The van der Waals surface area contributed by atoms with Gasteiger partial charge in [0.05, 0.1) is 17.1 Å². The molecule has 1 saturated heterocycles. The lowest BCUT2D eigenvalue weighted by atomic mass is 10.2. The Hall–Kier alpha value is -3.95. The predicted octanol–water partition coefficient (Wildman–Crippen LogP) is 5.67. The Morgan fingerprint density at radius 1 is 1.05 bits per heavy atom. The lowest BCUT2D eigenvalue weighted by molar-refractivity contribution is -0.129. The van der Waals surface area contributed by atoms with Crippen molar-refractivity contribution >= 4 is 57.8 Å². The normalized spacial score (nSPS) is 14.9. The molecule has 0 aliphatic carbocycles. The number of amides is 2. The number of hydrogen-bond donors (Lipinski definition) is 1. The van der Waals surface area contributed by atoms with Crippen molar-refractivity contribution in [1.82, 2.24) is 4.90 Å². The van der Waals surface area contributed by atoms with Crippen molar-refractivity contribution in [3.63, 3.8) is 0 Å². The van der Waals surface area contributed by atoms with E-state index in [-0.39, 0.29) is 12.5 Å². The Morgan fingerprint density at radius 3 is 2.50 bits per heavy atom. The van der Waals surface area contributed by atoms with Crippen LogP contribution in [0.2, 0.25) is 0 Å². The number of benzene rings is 3. The summed E-state index contributed by atoms with van der Waals surface area (Å²) in [4.78, 5) is 39.6. The number of esters is 1. The van der Waals surface area contributed by atoms with Gasteiger partial charge in [-0.25, -0.2) is 4.79 Å². The summed E-state index contributed by atoms with van der Waals surface area (Å²) < 4.78 is 11.2. The smallest absolute Gasteiger partial charge is 0.338 e. The van der Waals surface area contributed by atoms with Crippen molar-refractivity contribution in [3.05, 3.63) is 100 Å². The van der Waals surface area contributed by atoms with Crippen molar-refractivity contribution in [1.29, 1.82) is 0 Å². The molecule has 1 atom stereocenters. The van der Waals surface area contributed by atoms with Crippen LogP contribution in [0, 0.1) is 0 Å². The monoisotopic (exact) mass is 546 g/mol. The molecule has 7 nitrogen and oxygen atoms in total. The fourth-order valence-electron chi connectivity index (χ4n) is 3.67. The van der Waals surface area contributed by atoms with Crippen LogP contribution in [0.3, 0.4) is 0 Å². The molecule has 1 aliphatic heterocycles. The van der Waals surface area contributed by atoms with Crippen molar-refractivity contribution < 1.29 is 23.9 Å². The molecule has 3 aromatic rings. The number of rotatable bonds is 9. The van der Waals surface area contributed by atoms with Gasteiger partial charge in [0.2, 0.25) is 5.91 Å². The first-order valence-corrected chi connectivity index (χ1v) is 13.2. The number of ether oxygens (including phenoxy) is 2. The standard InChI is InChI=1S/C29H26N2O5S2/c1-3-35-28(34)22-12-14-23(15-13-22)30-26(32)19(2)31-27(33)25(38-29(31)37)17-21-10-7-11-24(16-21)36-18-20-8-5-4-6-9-20/h4-17,19H,3,18H2,1-2H3,(H,30,32)/b25-17-. The summed E-state index contributed by atoms with van der Waals surface area (Å²) in [5.74, 6) is -0.491. The molecule has 1 N–H and O–H groups in total. The molecule has 9 heteroatoms. The molecule has 2 amide bonds. The average Bonchev–Trinajstić information content (AvgIpc) is 3.20. The maximum atomic E-state index is 13.2. The summed E-state index contributed by atoms with van der Waals surface area (Å²) in [6.07, 6.45) is 1.74. The van der Waals surface area contributed by atoms with Crippen LogP contribution in [0.15, 0.2) is 83.8 Å². The summed E-state index contributed by atoms with van der Waals surface area (Å²) in [5, 5.41) is 2.77. The molecule has 0 spiro atoms. The molecule has 1 unspecified atom stereocenters. The maximum Gasteiger partial charge on any atom is 0.338 e. The highest BCUT2D eigenvalue weighted by Gasteiger charge is 2.38. The minimum absolute atomic E-state index is 0.278. The lowest BCUT2D eigenvalue weighted by Crippen LogP contribution is -2.44. The van der Waals surface area contributed by atoms with Gasteiger partial charge in [-0.3, -0.25) is 14.5 Å². The van der Waals surface area contributed by atoms with Gasteiger partial charge in [0.1, 0.15) is 22.7 Å². The summed E-state index contributed by atoms with van der Waals surface area (Å²) in [7, 11) is 0. The van der Waals surface area contributed by atoms with Crippen LogP contribution in [0.4, 0.5) is 5.69 Å². The summed E-state index contributed by atoms with van der Waals surface area (Å²) in [5.41, 5.74) is 2.72. The van der Waals surface area contributed by atoms with Crippen molar-refractivity contribution in [3.8, 4) is 5.75 Å². The van der Waals surface area contributed by atoms with E-state index in [1.165, 1.54) is 4.90 Å². The van der Waals surface area contributed by atoms with Crippen molar-refractivity contribution in [2.75, 3.05) is 11.9 Å². The van der Waals surface area contributed by atoms with Crippen LogP contribution in [-0.4, -0.2) is 39.7 Å².